The van der Waals surface area contributed by atoms with Gasteiger partial charge in [-0.2, -0.15) is 0 Å². The van der Waals surface area contributed by atoms with Crippen LogP contribution < -0.4 is 10.1 Å². The average molecular weight is 237 g/mol. The summed E-state index contributed by atoms with van der Waals surface area (Å²) in [4.78, 5) is 14.1. The second kappa shape index (κ2) is 5.09. The summed E-state index contributed by atoms with van der Waals surface area (Å²) < 4.78 is 5.72. The van der Waals surface area contributed by atoms with Gasteiger partial charge in [0, 0.05) is 18.2 Å². The average Bonchev–Trinajstić information content (AvgIpc) is 2.33. The molecule has 0 saturated carbocycles. The van der Waals surface area contributed by atoms with Gasteiger partial charge in [-0.25, -0.2) is 4.98 Å². The van der Waals surface area contributed by atoms with Crippen LogP contribution in [-0.4, -0.2) is 29.1 Å². The molecule has 2 heterocycles. The van der Waals surface area contributed by atoms with E-state index >= 15 is 0 Å². The Morgan fingerprint density at radius 3 is 3.06 bits per heavy atom. The van der Waals surface area contributed by atoms with Crippen LogP contribution in [0.15, 0.2) is 12.3 Å². The Bertz CT molecular complexity index is 416. The molecule has 1 aliphatic heterocycles. The van der Waals surface area contributed by atoms with E-state index in [0.717, 1.165) is 25.9 Å². The summed E-state index contributed by atoms with van der Waals surface area (Å²) in [5.74, 6) is 0.490. The lowest BCUT2D eigenvalue weighted by atomic mass is 10.1. The summed E-state index contributed by atoms with van der Waals surface area (Å²) in [6.45, 7) is 3.59. The molecule has 1 aromatic rings. The lowest BCUT2D eigenvalue weighted by Crippen LogP contribution is -2.37. The predicted molar refractivity (Wildman–Crippen MR) is 62.1 cm³/mol. The monoisotopic (exact) mass is 237 g/mol. The number of ether oxygens (including phenoxy) is 1. The summed E-state index contributed by atoms with van der Waals surface area (Å²) in [6.07, 6.45) is 3.41. The molecule has 0 aromatic carbocycles. The molecule has 6 nitrogen and oxygen atoms in total. The molecule has 0 spiro atoms. The fraction of sp³-hybridized carbons (Fsp3) is 0.545. The zero-order valence-corrected chi connectivity index (χ0v) is 9.68. The highest BCUT2D eigenvalue weighted by molar-refractivity contribution is 5.36. The van der Waals surface area contributed by atoms with E-state index in [1.807, 2.05) is 0 Å². The molecule has 0 bridgehead atoms. The Kier molecular flexibility index (Phi) is 3.53. The lowest BCUT2D eigenvalue weighted by Gasteiger charge is -2.23. The summed E-state index contributed by atoms with van der Waals surface area (Å²) in [5.41, 5.74) is 0.696. The van der Waals surface area contributed by atoms with Crippen LogP contribution >= 0.6 is 0 Å². The number of aromatic nitrogens is 1. The maximum absolute atomic E-state index is 10.6. The van der Waals surface area contributed by atoms with Crippen LogP contribution in [0.5, 0.6) is 5.88 Å². The van der Waals surface area contributed by atoms with Gasteiger partial charge in [0.25, 0.3) is 5.69 Å². The molecule has 0 amide bonds. The van der Waals surface area contributed by atoms with Gasteiger partial charge in [0.05, 0.1) is 4.92 Å². The quantitative estimate of drug-likeness (QED) is 0.635. The van der Waals surface area contributed by atoms with E-state index in [2.05, 4.69) is 10.3 Å². The van der Waals surface area contributed by atoms with Crippen LogP contribution in [0.1, 0.15) is 18.4 Å². The highest BCUT2D eigenvalue weighted by Crippen LogP contribution is 2.21. The fourth-order valence-corrected chi connectivity index (χ4v) is 1.85. The van der Waals surface area contributed by atoms with Crippen molar-refractivity contribution < 1.29 is 9.66 Å². The molecule has 2 rings (SSSR count). The standard InChI is InChI=1S/C11H15N3O3/c1-8-5-9(14(15)16)6-13-11(8)17-10-3-2-4-12-7-10/h5-6,10,12H,2-4,7H2,1H3/t10-/m0/s1. The van der Waals surface area contributed by atoms with Crippen LogP contribution in [0.3, 0.4) is 0 Å². The topological polar surface area (TPSA) is 77.3 Å². The molecule has 0 unspecified atom stereocenters. The van der Waals surface area contributed by atoms with Gasteiger partial charge in [0.15, 0.2) is 0 Å². The Morgan fingerprint density at radius 1 is 1.65 bits per heavy atom. The smallest absolute Gasteiger partial charge is 0.288 e. The molecule has 17 heavy (non-hydrogen) atoms. The Morgan fingerprint density at radius 2 is 2.47 bits per heavy atom. The van der Waals surface area contributed by atoms with E-state index in [1.54, 1.807) is 6.92 Å². The first-order valence-corrected chi connectivity index (χ1v) is 5.65. The van der Waals surface area contributed by atoms with Crippen LogP contribution in [0.4, 0.5) is 5.69 Å². The summed E-state index contributed by atoms with van der Waals surface area (Å²) in [5, 5.41) is 13.8. The summed E-state index contributed by atoms with van der Waals surface area (Å²) in [7, 11) is 0. The van der Waals surface area contributed by atoms with Crippen molar-refractivity contribution in [3.63, 3.8) is 0 Å². The Labute approximate surface area is 99.2 Å². The van der Waals surface area contributed by atoms with E-state index in [0.29, 0.717) is 11.4 Å². The lowest BCUT2D eigenvalue weighted by molar-refractivity contribution is -0.385. The predicted octanol–water partition coefficient (Wildman–Crippen LogP) is 1.43. The zero-order chi connectivity index (χ0) is 12.3. The van der Waals surface area contributed by atoms with Crippen molar-refractivity contribution in [2.24, 2.45) is 0 Å². The van der Waals surface area contributed by atoms with Gasteiger partial charge in [0.1, 0.15) is 12.3 Å². The molecule has 0 radical (unpaired) electrons. The van der Waals surface area contributed by atoms with E-state index in [-0.39, 0.29) is 11.8 Å². The Balaban J connectivity index is 2.08. The molecule has 1 atom stereocenters. The van der Waals surface area contributed by atoms with Crippen LogP contribution in [0.25, 0.3) is 0 Å². The molecule has 1 aliphatic rings. The number of hydrogen-bond donors (Lipinski definition) is 1. The van der Waals surface area contributed by atoms with Gasteiger partial charge in [-0.1, -0.05) is 0 Å². The van der Waals surface area contributed by atoms with Crippen LogP contribution in [0, 0.1) is 17.0 Å². The summed E-state index contributed by atoms with van der Waals surface area (Å²) in [6, 6.07) is 1.48. The molecular formula is C11H15N3O3. The van der Waals surface area contributed by atoms with Crippen molar-refractivity contribution in [3.05, 3.63) is 27.9 Å². The van der Waals surface area contributed by atoms with Crippen molar-refractivity contribution >= 4 is 5.69 Å². The molecule has 1 saturated heterocycles. The Hall–Kier alpha value is -1.69. The zero-order valence-electron chi connectivity index (χ0n) is 9.68. The number of hydrogen-bond acceptors (Lipinski definition) is 5. The molecule has 1 fully saturated rings. The third-order valence-electron chi connectivity index (χ3n) is 2.76. The van der Waals surface area contributed by atoms with Crippen molar-refractivity contribution in [1.82, 2.24) is 10.3 Å². The highest BCUT2D eigenvalue weighted by Gasteiger charge is 2.17. The van der Waals surface area contributed by atoms with E-state index < -0.39 is 4.92 Å². The van der Waals surface area contributed by atoms with Crippen molar-refractivity contribution in [2.45, 2.75) is 25.9 Å². The largest absolute Gasteiger partial charge is 0.473 e. The van der Waals surface area contributed by atoms with Gasteiger partial charge < -0.3 is 10.1 Å². The second-order valence-electron chi connectivity index (χ2n) is 4.16. The minimum absolute atomic E-state index is 0.00313. The minimum atomic E-state index is -0.452. The number of piperidine rings is 1. The third kappa shape index (κ3) is 2.91. The van der Waals surface area contributed by atoms with Crippen LogP contribution in [-0.2, 0) is 0 Å². The summed E-state index contributed by atoms with van der Waals surface area (Å²) >= 11 is 0. The van der Waals surface area contributed by atoms with Gasteiger partial charge in [-0.3, -0.25) is 10.1 Å². The van der Waals surface area contributed by atoms with Gasteiger partial charge in [-0.15, -0.1) is 0 Å². The third-order valence-corrected chi connectivity index (χ3v) is 2.76. The maximum Gasteiger partial charge on any atom is 0.288 e. The SMILES string of the molecule is Cc1cc([N+](=O)[O-])cnc1O[C@H]1CCCNC1. The molecular weight excluding hydrogens is 222 g/mol. The highest BCUT2D eigenvalue weighted by atomic mass is 16.6. The first kappa shape index (κ1) is 11.8. The van der Waals surface area contributed by atoms with Crippen molar-refractivity contribution in [3.8, 4) is 5.88 Å². The van der Waals surface area contributed by atoms with Crippen molar-refractivity contribution in [2.75, 3.05) is 13.1 Å². The fourth-order valence-electron chi connectivity index (χ4n) is 1.85. The van der Waals surface area contributed by atoms with E-state index in [4.69, 9.17) is 4.74 Å². The number of nitro groups is 1. The van der Waals surface area contributed by atoms with Gasteiger partial charge in [-0.05, 0) is 26.3 Å². The van der Waals surface area contributed by atoms with Crippen LogP contribution in [0.2, 0.25) is 0 Å². The normalized spacial score (nSPS) is 19.9. The number of aryl methyl sites for hydroxylation is 1. The number of nitrogens with zero attached hydrogens (tertiary/aromatic N) is 2. The maximum atomic E-state index is 10.6. The van der Waals surface area contributed by atoms with Crippen molar-refractivity contribution in [1.29, 1.82) is 0 Å². The molecule has 1 N–H and O–H groups in total. The minimum Gasteiger partial charge on any atom is -0.473 e. The first-order chi connectivity index (χ1) is 8.16. The first-order valence-electron chi connectivity index (χ1n) is 5.65. The van der Waals surface area contributed by atoms with E-state index in [1.165, 1.54) is 12.3 Å². The van der Waals surface area contributed by atoms with E-state index in [9.17, 15) is 10.1 Å². The van der Waals surface area contributed by atoms with Gasteiger partial charge >= 0.3 is 0 Å². The molecule has 1 aromatic heterocycles. The number of nitrogens with one attached hydrogen (secondary N) is 1. The number of pyridine rings is 1. The number of rotatable bonds is 3. The van der Waals surface area contributed by atoms with Gasteiger partial charge in [0.2, 0.25) is 5.88 Å². The molecule has 0 aliphatic carbocycles. The molecule has 92 valence electrons. The second-order valence-corrected chi connectivity index (χ2v) is 4.16. The molecule has 6 heteroatoms.